The molecule has 0 bridgehead atoms. The topological polar surface area (TPSA) is 47.5 Å². The van der Waals surface area contributed by atoms with Gasteiger partial charge in [0.2, 0.25) is 0 Å². The summed E-state index contributed by atoms with van der Waals surface area (Å²) in [5.74, 6) is 1.09. The Morgan fingerprint density at radius 1 is 1.32 bits per heavy atom. The molecule has 4 rings (SSSR count). The molecule has 0 saturated carbocycles. The van der Waals surface area contributed by atoms with Crippen molar-refractivity contribution in [1.29, 1.82) is 0 Å². The van der Waals surface area contributed by atoms with Gasteiger partial charge in [-0.3, -0.25) is 0 Å². The van der Waals surface area contributed by atoms with Crippen LogP contribution >= 0.6 is 0 Å². The van der Waals surface area contributed by atoms with Gasteiger partial charge in [-0.25, -0.2) is 0 Å². The number of β-amino-alcohol motifs (C(OH)–C–C–N with tert-alkyl or cyclic N) is 1. The molecule has 4 heteroatoms. The van der Waals surface area contributed by atoms with Gasteiger partial charge in [0, 0.05) is 30.7 Å². The minimum absolute atomic E-state index is 0.167. The van der Waals surface area contributed by atoms with E-state index >= 15 is 0 Å². The number of rotatable bonds is 3. The summed E-state index contributed by atoms with van der Waals surface area (Å²) in [6, 6.07) is 6.90. The number of benzene rings is 1. The molecule has 1 aromatic rings. The highest BCUT2D eigenvalue weighted by molar-refractivity contribution is 5.62. The highest BCUT2D eigenvalue weighted by Gasteiger charge is 2.46. The Morgan fingerprint density at radius 3 is 2.88 bits per heavy atom. The Bertz CT molecular complexity index is 613. The molecule has 4 nitrogen and oxygen atoms in total. The van der Waals surface area contributed by atoms with Crippen LogP contribution in [0.15, 0.2) is 18.2 Å². The van der Waals surface area contributed by atoms with E-state index in [4.69, 9.17) is 0 Å². The highest BCUT2D eigenvalue weighted by atomic mass is 16.3. The molecule has 2 saturated heterocycles. The molecule has 3 heterocycles. The summed E-state index contributed by atoms with van der Waals surface area (Å²) in [5, 5.41) is 17.7. The molecule has 0 aliphatic carbocycles. The van der Waals surface area contributed by atoms with Crippen LogP contribution in [0.5, 0.6) is 0 Å². The van der Waals surface area contributed by atoms with Crippen LogP contribution in [0.4, 0.5) is 5.69 Å². The van der Waals surface area contributed by atoms with Crippen molar-refractivity contribution in [2.45, 2.75) is 44.6 Å². The molecule has 3 atom stereocenters. The van der Waals surface area contributed by atoms with Crippen molar-refractivity contribution in [3.8, 4) is 0 Å². The van der Waals surface area contributed by atoms with Crippen molar-refractivity contribution in [2.75, 3.05) is 44.6 Å². The van der Waals surface area contributed by atoms with E-state index in [9.17, 15) is 5.11 Å². The van der Waals surface area contributed by atoms with E-state index in [0.717, 1.165) is 52.1 Å². The lowest BCUT2D eigenvalue weighted by Gasteiger charge is -2.45. The molecule has 3 N–H and O–H groups in total. The SMILES string of the molecule is Cc1ccc2c(c1)NC[C@@]21CCN(C[C@@H](O)C2CCNCC2)C[C@@H]1C. The van der Waals surface area contributed by atoms with E-state index in [1.165, 1.54) is 23.2 Å². The normalized spacial score (nSPS) is 31.7. The lowest BCUT2D eigenvalue weighted by atomic mass is 9.67. The smallest absolute Gasteiger partial charge is 0.0696 e. The van der Waals surface area contributed by atoms with E-state index < -0.39 is 0 Å². The third kappa shape index (κ3) is 3.20. The quantitative estimate of drug-likeness (QED) is 0.789. The number of hydrogen-bond acceptors (Lipinski definition) is 4. The van der Waals surface area contributed by atoms with Gasteiger partial charge in [0.15, 0.2) is 0 Å². The Balaban J connectivity index is 1.41. The highest BCUT2D eigenvalue weighted by Crippen LogP contribution is 2.47. The summed E-state index contributed by atoms with van der Waals surface area (Å²) in [7, 11) is 0. The number of aliphatic hydroxyl groups is 1. The average Bonchev–Trinajstić information content (AvgIpc) is 2.98. The fourth-order valence-corrected chi connectivity index (χ4v) is 5.32. The standard InChI is InChI=1S/C21H33N3O/c1-15-3-4-18-19(11-15)23-14-21(18)7-10-24(12-16(21)2)13-20(25)17-5-8-22-9-6-17/h3-4,11,16-17,20,22-23,25H,5-10,12-14H2,1-2H3/t16-,20+,21+/m0/s1. The molecule has 138 valence electrons. The Kier molecular flexibility index (Phi) is 4.78. The fourth-order valence-electron chi connectivity index (χ4n) is 5.32. The maximum atomic E-state index is 10.7. The van der Waals surface area contributed by atoms with Gasteiger partial charge in [0.25, 0.3) is 0 Å². The van der Waals surface area contributed by atoms with Crippen molar-refractivity contribution in [3.05, 3.63) is 29.3 Å². The first kappa shape index (κ1) is 17.3. The number of aryl methyl sites for hydroxylation is 1. The van der Waals surface area contributed by atoms with Crippen LogP contribution in [-0.4, -0.2) is 55.4 Å². The van der Waals surface area contributed by atoms with E-state index in [2.05, 4.69) is 47.6 Å². The van der Waals surface area contributed by atoms with Gasteiger partial charge in [-0.1, -0.05) is 19.1 Å². The number of piperidine rings is 2. The van der Waals surface area contributed by atoms with Crippen molar-refractivity contribution >= 4 is 5.69 Å². The summed E-state index contributed by atoms with van der Waals surface area (Å²) >= 11 is 0. The molecular weight excluding hydrogens is 310 g/mol. The predicted octanol–water partition coefficient (Wildman–Crippen LogP) is 2.36. The monoisotopic (exact) mass is 343 g/mol. The van der Waals surface area contributed by atoms with Gasteiger partial charge in [0.1, 0.15) is 0 Å². The third-order valence-corrected chi connectivity index (χ3v) is 7.03. The first-order valence-corrected chi connectivity index (χ1v) is 10.0. The average molecular weight is 344 g/mol. The second kappa shape index (κ2) is 6.90. The van der Waals surface area contributed by atoms with E-state index in [0.29, 0.717) is 11.8 Å². The van der Waals surface area contributed by atoms with Gasteiger partial charge >= 0.3 is 0 Å². The van der Waals surface area contributed by atoms with Crippen LogP contribution in [0.3, 0.4) is 0 Å². The molecule has 2 fully saturated rings. The number of nitrogens with zero attached hydrogens (tertiary/aromatic N) is 1. The number of anilines is 1. The molecular formula is C21H33N3O. The zero-order valence-corrected chi connectivity index (χ0v) is 15.7. The summed E-state index contributed by atoms with van der Waals surface area (Å²) in [5.41, 5.74) is 4.47. The molecule has 3 aliphatic heterocycles. The fraction of sp³-hybridized carbons (Fsp3) is 0.714. The third-order valence-electron chi connectivity index (χ3n) is 7.03. The van der Waals surface area contributed by atoms with Crippen LogP contribution in [0, 0.1) is 18.8 Å². The molecule has 25 heavy (non-hydrogen) atoms. The van der Waals surface area contributed by atoms with Gasteiger partial charge in [-0.05, 0) is 74.8 Å². The summed E-state index contributed by atoms with van der Waals surface area (Å²) < 4.78 is 0. The minimum atomic E-state index is -0.167. The Morgan fingerprint density at radius 2 is 2.12 bits per heavy atom. The predicted molar refractivity (Wildman–Crippen MR) is 103 cm³/mol. The number of likely N-dealkylation sites (tertiary alicyclic amines) is 1. The van der Waals surface area contributed by atoms with Crippen molar-refractivity contribution in [2.24, 2.45) is 11.8 Å². The zero-order valence-electron chi connectivity index (χ0n) is 15.7. The first-order valence-electron chi connectivity index (χ1n) is 10.0. The molecule has 0 amide bonds. The summed E-state index contributed by atoms with van der Waals surface area (Å²) in [4.78, 5) is 2.51. The summed E-state index contributed by atoms with van der Waals surface area (Å²) in [6.45, 7) is 10.8. The maximum Gasteiger partial charge on any atom is 0.0696 e. The molecule has 0 unspecified atom stereocenters. The molecule has 0 aromatic heterocycles. The second-order valence-corrected chi connectivity index (χ2v) is 8.62. The van der Waals surface area contributed by atoms with E-state index in [1.807, 2.05) is 0 Å². The van der Waals surface area contributed by atoms with Gasteiger partial charge in [-0.15, -0.1) is 0 Å². The summed E-state index contributed by atoms with van der Waals surface area (Å²) in [6.07, 6.45) is 3.26. The molecule has 1 spiro atoms. The van der Waals surface area contributed by atoms with Crippen LogP contribution in [0.2, 0.25) is 0 Å². The molecule has 1 aromatic carbocycles. The van der Waals surface area contributed by atoms with Gasteiger partial charge in [0.05, 0.1) is 6.10 Å². The van der Waals surface area contributed by atoms with Crippen molar-refractivity contribution in [1.82, 2.24) is 10.2 Å². The minimum Gasteiger partial charge on any atom is -0.392 e. The second-order valence-electron chi connectivity index (χ2n) is 8.62. The van der Waals surface area contributed by atoms with Crippen molar-refractivity contribution < 1.29 is 5.11 Å². The van der Waals surface area contributed by atoms with Crippen LogP contribution in [0.1, 0.15) is 37.3 Å². The number of nitrogens with one attached hydrogen (secondary N) is 2. The largest absolute Gasteiger partial charge is 0.392 e. The zero-order chi connectivity index (χ0) is 17.4. The Hall–Kier alpha value is -1.10. The van der Waals surface area contributed by atoms with Crippen LogP contribution in [-0.2, 0) is 5.41 Å². The number of hydrogen-bond donors (Lipinski definition) is 3. The van der Waals surface area contributed by atoms with Crippen molar-refractivity contribution in [3.63, 3.8) is 0 Å². The lowest BCUT2D eigenvalue weighted by molar-refractivity contribution is 0.0228. The Labute approximate surface area is 152 Å². The van der Waals surface area contributed by atoms with Crippen LogP contribution < -0.4 is 10.6 Å². The van der Waals surface area contributed by atoms with Crippen LogP contribution in [0.25, 0.3) is 0 Å². The van der Waals surface area contributed by atoms with Gasteiger partial charge < -0.3 is 20.6 Å². The molecule has 3 aliphatic rings. The van der Waals surface area contributed by atoms with E-state index in [1.54, 1.807) is 0 Å². The van der Waals surface area contributed by atoms with E-state index in [-0.39, 0.29) is 11.5 Å². The number of aliphatic hydroxyl groups excluding tert-OH is 1. The first-order chi connectivity index (χ1) is 12.1. The lowest BCUT2D eigenvalue weighted by Crippen LogP contribution is -2.52. The maximum absolute atomic E-state index is 10.7. The molecule has 0 radical (unpaired) electrons. The number of fused-ring (bicyclic) bond motifs is 2. The van der Waals surface area contributed by atoms with Gasteiger partial charge in [-0.2, -0.15) is 0 Å².